The molecule has 0 unspecified atom stereocenters. The average molecular weight is 595 g/mol. The molecule has 234 valence electrons. The van der Waals surface area contributed by atoms with Gasteiger partial charge >= 0.3 is 0 Å². The van der Waals surface area contributed by atoms with E-state index in [1.165, 1.54) is 0 Å². The van der Waals surface area contributed by atoms with Gasteiger partial charge in [-0.2, -0.15) is 0 Å². The lowest BCUT2D eigenvalue weighted by Crippen LogP contribution is -2.60. The summed E-state index contributed by atoms with van der Waals surface area (Å²) in [6.45, 7) is 6.52. The molecule has 0 bridgehead atoms. The molecule has 5 atom stereocenters. The van der Waals surface area contributed by atoms with Gasteiger partial charge in [0, 0.05) is 24.2 Å². The first-order chi connectivity index (χ1) is 19.9. The third-order valence-corrected chi connectivity index (χ3v) is 6.83. The van der Waals surface area contributed by atoms with E-state index in [-0.39, 0.29) is 43.9 Å². The first-order valence-electron chi connectivity index (χ1n) is 13.8. The Bertz CT molecular complexity index is 1170. The van der Waals surface area contributed by atoms with Gasteiger partial charge in [-0.15, -0.1) is 5.10 Å². The Labute approximate surface area is 244 Å². The van der Waals surface area contributed by atoms with E-state index in [1.54, 1.807) is 26.0 Å². The zero-order valence-corrected chi connectivity index (χ0v) is 24.2. The molecule has 14 heteroatoms. The maximum absolute atomic E-state index is 12.3. The van der Waals surface area contributed by atoms with Crippen molar-refractivity contribution in [2.45, 2.75) is 82.7 Å². The predicted molar refractivity (Wildman–Crippen MR) is 149 cm³/mol. The molecule has 1 fully saturated rings. The molecule has 0 radical (unpaired) electrons. The number of aromatic nitrogens is 2. The van der Waals surface area contributed by atoms with Crippen molar-refractivity contribution >= 4 is 11.8 Å². The number of rotatable bonds is 14. The van der Waals surface area contributed by atoms with Gasteiger partial charge in [-0.3, -0.25) is 14.7 Å². The standard InChI is InChI=1S/C28H42N4O10/c1-15(2)21-18(25(32-31-21)42-26-24(38)23(37)22(36)19(14-34)41-26)13-16-5-7-17(8-6-16)40-12-9-20(35)30-28(3,4)27(39)29-10-11-33/h5-8,15,19,22-24,26,33-34,36-38H,9-14H2,1-4H3,(H,29,39)(H,30,35)(H,31,32)/t19-,22-,23+,24-,26+/m1/s1. The quantitative estimate of drug-likeness (QED) is 0.134. The van der Waals surface area contributed by atoms with Crippen molar-refractivity contribution in [3.8, 4) is 11.6 Å². The Morgan fingerprint density at radius 1 is 1.10 bits per heavy atom. The van der Waals surface area contributed by atoms with Crippen LogP contribution >= 0.6 is 0 Å². The largest absolute Gasteiger partial charge is 0.493 e. The number of hydrogen-bond donors (Lipinski definition) is 8. The van der Waals surface area contributed by atoms with Crippen molar-refractivity contribution in [2.75, 3.05) is 26.4 Å². The Kier molecular flexibility index (Phi) is 11.7. The highest BCUT2D eigenvalue weighted by molar-refractivity contribution is 5.90. The van der Waals surface area contributed by atoms with E-state index in [0.717, 1.165) is 11.3 Å². The molecular formula is C28H42N4O10. The van der Waals surface area contributed by atoms with Gasteiger partial charge in [0.2, 0.25) is 24.0 Å². The maximum Gasteiger partial charge on any atom is 0.245 e. The molecule has 0 aliphatic carbocycles. The SMILES string of the molecule is CC(C)c1[nH]nc(O[C@@H]2O[C@H](CO)[C@@H](O)[C@H](O)[C@H]2O)c1Cc1ccc(OCCC(=O)NC(C)(C)C(=O)NCCO)cc1. The molecular weight excluding hydrogens is 552 g/mol. The first-order valence-corrected chi connectivity index (χ1v) is 13.8. The smallest absolute Gasteiger partial charge is 0.245 e. The normalized spacial score (nSPS) is 22.6. The summed E-state index contributed by atoms with van der Waals surface area (Å²) in [6.07, 6.45) is -6.69. The number of amides is 2. The Hall–Kier alpha value is -3.27. The van der Waals surface area contributed by atoms with Crippen LogP contribution < -0.4 is 20.1 Å². The molecule has 1 aliphatic rings. The maximum atomic E-state index is 12.3. The Morgan fingerprint density at radius 3 is 2.40 bits per heavy atom. The van der Waals surface area contributed by atoms with Crippen LogP contribution in [0.2, 0.25) is 0 Å². The van der Waals surface area contributed by atoms with Gasteiger partial charge in [0.1, 0.15) is 35.7 Å². The van der Waals surface area contributed by atoms with Crippen LogP contribution in [0, 0.1) is 0 Å². The molecule has 1 saturated heterocycles. The van der Waals surface area contributed by atoms with Crippen molar-refractivity contribution in [3.63, 3.8) is 0 Å². The minimum Gasteiger partial charge on any atom is -0.493 e. The van der Waals surface area contributed by atoms with Gasteiger partial charge < -0.3 is 50.4 Å². The number of ether oxygens (including phenoxy) is 3. The van der Waals surface area contributed by atoms with Gasteiger partial charge in [0.05, 0.1) is 26.2 Å². The third-order valence-electron chi connectivity index (χ3n) is 6.83. The summed E-state index contributed by atoms with van der Waals surface area (Å²) in [4.78, 5) is 24.4. The van der Waals surface area contributed by atoms with Crippen molar-refractivity contribution in [3.05, 3.63) is 41.1 Å². The van der Waals surface area contributed by atoms with Gasteiger partial charge in [-0.05, 0) is 37.5 Å². The summed E-state index contributed by atoms with van der Waals surface area (Å²) in [5, 5.41) is 61.2. The highest BCUT2D eigenvalue weighted by Crippen LogP contribution is 2.31. The number of carbonyl (C=O) groups is 2. The van der Waals surface area contributed by atoms with Crippen LogP contribution in [0.1, 0.15) is 56.9 Å². The predicted octanol–water partition coefficient (Wildman–Crippen LogP) is -0.925. The second kappa shape index (κ2) is 14.8. The van der Waals surface area contributed by atoms with E-state index in [1.807, 2.05) is 26.0 Å². The summed E-state index contributed by atoms with van der Waals surface area (Å²) in [5.41, 5.74) is 1.26. The molecule has 0 saturated carbocycles. The molecule has 2 aromatic rings. The molecule has 1 aliphatic heterocycles. The number of aliphatic hydroxyl groups excluding tert-OH is 5. The lowest BCUT2D eigenvalue weighted by Gasteiger charge is -2.39. The Morgan fingerprint density at radius 2 is 1.79 bits per heavy atom. The molecule has 0 spiro atoms. The highest BCUT2D eigenvalue weighted by Gasteiger charge is 2.45. The zero-order valence-electron chi connectivity index (χ0n) is 24.2. The highest BCUT2D eigenvalue weighted by atomic mass is 16.7. The Balaban J connectivity index is 1.60. The molecule has 42 heavy (non-hydrogen) atoms. The first kappa shape index (κ1) is 33.2. The number of aliphatic hydroxyl groups is 5. The van der Waals surface area contributed by atoms with Crippen LogP contribution in [0.4, 0.5) is 0 Å². The van der Waals surface area contributed by atoms with Gasteiger partial charge in [-0.25, -0.2) is 0 Å². The number of hydrogen-bond acceptors (Lipinski definition) is 11. The van der Waals surface area contributed by atoms with Crippen molar-refractivity contribution in [2.24, 2.45) is 0 Å². The van der Waals surface area contributed by atoms with E-state index in [4.69, 9.17) is 19.3 Å². The topological polar surface area (TPSA) is 216 Å². The molecule has 3 rings (SSSR count). The van der Waals surface area contributed by atoms with Crippen LogP contribution in [0.5, 0.6) is 11.6 Å². The van der Waals surface area contributed by atoms with Crippen molar-refractivity contribution in [1.29, 1.82) is 0 Å². The minimum atomic E-state index is -1.57. The van der Waals surface area contributed by atoms with Crippen LogP contribution in [0.3, 0.4) is 0 Å². The number of benzene rings is 1. The average Bonchev–Trinajstić information content (AvgIpc) is 3.34. The second-order valence-electron chi connectivity index (χ2n) is 11.0. The summed E-state index contributed by atoms with van der Waals surface area (Å²) < 4.78 is 17.0. The fourth-order valence-electron chi connectivity index (χ4n) is 4.41. The summed E-state index contributed by atoms with van der Waals surface area (Å²) in [5.74, 6) is -0.00712. The van der Waals surface area contributed by atoms with Crippen LogP contribution in [0.25, 0.3) is 0 Å². The lowest BCUT2D eigenvalue weighted by atomic mass is 9.98. The summed E-state index contributed by atoms with van der Waals surface area (Å²) >= 11 is 0. The number of nitrogens with zero attached hydrogens (tertiary/aromatic N) is 1. The van der Waals surface area contributed by atoms with E-state index >= 15 is 0 Å². The van der Waals surface area contributed by atoms with Gasteiger partial charge in [0.15, 0.2) is 0 Å². The third kappa shape index (κ3) is 8.40. The molecule has 1 aromatic heterocycles. The molecule has 2 amide bonds. The molecule has 14 nitrogen and oxygen atoms in total. The van der Waals surface area contributed by atoms with E-state index < -0.39 is 48.8 Å². The number of H-pyrrole nitrogens is 1. The van der Waals surface area contributed by atoms with Crippen LogP contribution in [-0.2, 0) is 20.7 Å². The van der Waals surface area contributed by atoms with Crippen molar-refractivity contribution in [1.82, 2.24) is 20.8 Å². The molecule has 2 heterocycles. The number of nitrogens with one attached hydrogen (secondary N) is 3. The number of carbonyl (C=O) groups excluding carboxylic acids is 2. The van der Waals surface area contributed by atoms with Gasteiger partial charge in [0.25, 0.3) is 0 Å². The van der Waals surface area contributed by atoms with E-state index in [0.29, 0.717) is 17.7 Å². The van der Waals surface area contributed by atoms with E-state index in [2.05, 4.69) is 20.8 Å². The van der Waals surface area contributed by atoms with E-state index in [9.17, 15) is 30.0 Å². The monoisotopic (exact) mass is 594 g/mol. The van der Waals surface area contributed by atoms with Gasteiger partial charge in [-0.1, -0.05) is 26.0 Å². The fourth-order valence-corrected chi connectivity index (χ4v) is 4.41. The summed E-state index contributed by atoms with van der Waals surface area (Å²) in [6, 6.07) is 7.21. The lowest BCUT2D eigenvalue weighted by molar-refractivity contribution is -0.278. The van der Waals surface area contributed by atoms with Crippen LogP contribution in [0.15, 0.2) is 24.3 Å². The fraction of sp³-hybridized carbons (Fsp3) is 0.607. The van der Waals surface area contributed by atoms with Crippen molar-refractivity contribution < 1.29 is 49.3 Å². The second-order valence-corrected chi connectivity index (χ2v) is 11.0. The molecule has 8 N–H and O–H groups in total. The minimum absolute atomic E-state index is 0.0316. The number of aromatic amines is 1. The van der Waals surface area contributed by atoms with Crippen LogP contribution in [-0.4, -0.2) is 110 Å². The molecule has 1 aromatic carbocycles. The zero-order chi connectivity index (χ0) is 31.0. The summed E-state index contributed by atoms with van der Waals surface area (Å²) in [7, 11) is 0.